The molecule has 0 bridgehead atoms. The van der Waals surface area contributed by atoms with Gasteiger partial charge in [-0.05, 0) is 59.6 Å². The molecule has 0 aliphatic heterocycles. The van der Waals surface area contributed by atoms with Gasteiger partial charge in [-0.1, -0.05) is 30.4 Å². The van der Waals surface area contributed by atoms with E-state index in [9.17, 15) is 4.79 Å². The van der Waals surface area contributed by atoms with Gasteiger partial charge in [-0.15, -0.1) is 10.2 Å². The van der Waals surface area contributed by atoms with E-state index in [2.05, 4.69) is 36.5 Å². The van der Waals surface area contributed by atoms with Crippen LogP contribution >= 0.6 is 27.3 Å². The van der Waals surface area contributed by atoms with Gasteiger partial charge in [-0.25, -0.2) is 0 Å². The van der Waals surface area contributed by atoms with Gasteiger partial charge in [-0.2, -0.15) is 9.61 Å². The third-order valence-corrected chi connectivity index (χ3v) is 6.17. The number of hydrogen-bond acceptors (Lipinski definition) is 6. The molecule has 0 fully saturated rings. The van der Waals surface area contributed by atoms with Crippen molar-refractivity contribution in [3.63, 3.8) is 0 Å². The van der Waals surface area contributed by atoms with Gasteiger partial charge >= 0.3 is 0 Å². The van der Waals surface area contributed by atoms with E-state index in [-0.39, 0.29) is 5.91 Å². The minimum Gasteiger partial charge on any atom is -0.493 e. The number of amides is 1. The van der Waals surface area contributed by atoms with E-state index in [0.29, 0.717) is 17.9 Å². The lowest BCUT2D eigenvalue weighted by Gasteiger charge is -2.11. The van der Waals surface area contributed by atoms with Crippen LogP contribution in [0.25, 0.3) is 15.5 Å². The number of benzene rings is 2. The van der Waals surface area contributed by atoms with Crippen LogP contribution in [0.2, 0.25) is 0 Å². The third-order valence-electron chi connectivity index (χ3n) is 4.60. The van der Waals surface area contributed by atoms with Crippen LogP contribution < -0.4 is 10.1 Å². The smallest absolute Gasteiger partial charge is 0.255 e. The van der Waals surface area contributed by atoms with Crippen LogP contribution in [0.4, 0.5) is 5.69 Å². The molecule has 0 aliphatic carbocycles. The van der Waals surface area contributed by atoms with Crippen molar-refractivity contribution in [1.82, 2.24) is 19.8 Å². The molecule has 30 heavy (non-hydrogen) atoms. The predicted molar refractivity (Wildman–Crippen MR) is 121 cm³/mol. The number of rotatable bonds is 6. The first-order chi connectivity index (χ1) is 14.5. The van der Waals surface area contributed by atoms with Gasteiger partial charge in [0.15, 0.2) is 5.82 Å². The Labute approximate surface area is 186 Å². The fourth-order valence-electron chi connectivity index (χ4n) is 2.99. The normalized spacial score (nSPS) is 11.1. The van der Waals surface area contributed by atoms with E-state index >= 15 is 0 Å². The monoisotopic (exact) mass is 485 g/mol. The molecule has 4 aromatic rings. The molecule has 2 aromatic heterocycles. The molecule has 154 valence electrons. The van der Waals surface area contributed by atoms with Gasteiger partial charge in [0.2, 0.25) is 4.96 Å². The summed E-state index contributed by atoms with van der Waals surface area (Å²) in [6.45, 7) is 6.46. The maximum atomic E-state index is 12.8. The van der Waals surface area contributed by atoms with Crippen molar-refractivity contribution in [3.05, 3.63) is 57.8 Å². The van der Waals surface area contributed by atoms with Gasteiger partial charge < -0.3 is 10.1 Å². The zero-order chi connectivity index (χ0) is 21.3. The fraction of sp³-hybridized carbons (Fsp3) is 0.238. The molecule has 2 aromatic carbocycles. The van der Waals surface area contributed by atoms with E-state index in [1.165, 1.54) is 11.3 Å². The average molecular weight is 486 g/mol. The van der Waals surface area contributed by atoms with Gasteiger partial charge in [0.05, 0.1) is 11.1 Å². The van der Waals surface area contributed by atoms with E-state index < -0.39 is 0 Å². The Kier molecular flexibility index (Phi) is 5.83. The molecule has 0 saturated carbocycles. The number of halogens is 1. The highest BCUT2D eigenvalue weighted by atomic mass is 79.9. The number of hydrogen-bond donors (Lipinski definition) is 1. The summed E-state index contributed by atoms with van der Waals surface area (Å²) in [6.07, 6.45) is 0.761. The quantitative estimate of drug-likeness (QED) is 0.408. The summed E-state index contributed by atoms with van der Waals surface area (Å²) in [5, 5.41) is 16.8. The molecule has 4 rings (SSSR count). The summed E-state index contributed by atoms with van der Waals surface area (Å²) in [4.78, 5) is 13.6. The first-order valence-electron chi connectivity index (χ1n) is 9.56. The fourth-order valence-corrected chi connectivity index (χ4v) is 4.34. The number of aryl methyl sites for hydroxylation is 2. The number of nitrogens with one attached hydrogen (secondary N) is 1. The molecule has 0 aliphatic rings. The minimum atomic E-state index is -0.189. The first kappa shape index (κ1) is 20.5. The summed E-state index contributed by atoms with van der Waals surface area (Å²) in [5.41, 5.74) is 3.17. The Morgan fingerprint density at radius 3 is 2.77 bits per heavy atom. The van der Waals surface area contributed by atoms with E-state index in [0.717, 1.165) is 43.5 Å². The summed E-state index contributed by atoms with van der Waals surface area (Å²) in [6, 6.07) is 11.2. The van der Waals surface area contributed by atoms with Gasteiger partial charge in [0.25, 0.3) is 5.91 Å². The number of nitrogens with zero attached hydrogens (tertiary/aromatic N) is 4. The SMILES string of the molecule is CCOc1ccc(C(=O)Nc2cc(-c3nn4c(CC)nnc4s3)ccc2C)cc1Br. The standard InChI is InChI=1S/C21H20BrN5O2S/c1-4-18-24-25-21-27(18)26-20(30-21)14-7-6-12(3)16(11-14)23-19(28)13-8-9-17(29-5-2)15(22)10-13/h6-11H,4-5H2,1-3H3,(H,23,28). The molecule has 2 heterocycles. The van der Waals surface area contributed by atoms with Crippen molar-refractivity contribution in [2.75, 3.05) is 11.9 Å². The van der Waals surface area contributed by atoms with Crippen LogP contribution in [0.3, 0.4) is 0 Å². The van der Waals surface area contributed by atoms with Crippen molar-refractivity contribution in [1.29, 1.82) is 0 Å². The third kappa shape index (κ3) is 3.95. The van der Waals surface area contributed by atoms with Crippen LogP contribution in [0.5, 0.6) is 5.75 Å². The average Bonchev–Trinajstić information content (AvgIpc) is 3.32. The van der Waals surface area contributed by atoms with Gasteiger partial charge in [0, 0.05) is 23.2 Å². The summed E-state index contributed by atoms with van der Waals surface area (Å²) < 4.78 is 8.03. The van der Waals surface area contributed by atoms with E-state index in [4.69, 9.17) is 4.74 Å². The number of ether oxygens (including phenoxy) is 1. The lowest BCUT2D eigenvalue weighted by Crippen LogP contribution is -2.13. The molecule has 0 unspecified atom stereocenters. The second-order valence-corrected chi connectivity index (χ2v) is 8.44. The Hall–Kier alpha value is -2.78. The number of anilines is 1. The largest absolute Gasteiger partial charge is 0.493 e. The van der Waals surface area contributed by atoms with Crippen LogP contribution in [0.1, 0.15) is 35.6 Å². The Morgan fingerprint density at radius 1 is 1.20 bits per heavy atom. The minimum absolute atomic E-state index is 0.189. The molecule has 0 radical (unpaired) electrons. The summed E-state index contributed by atoms with van der Waals surface area (Å²) in [7, 11) is 0. The Morgan fingerprint density at radius 2 is 2.03 bits per heavy atom. The van der Waals surface area contributed by atoms with E-state index in [1.807, 2.05) is 39.0 Å². The second-order valence-electron chi connectivity index (χ2n) is 6.63. The van der Waals surface area contributed by atoms with Crippen LogP contribution in [0, 0.1) is 6.92 Å². The molecule has 0 atom stereocenters. The number of carbonyl (C=O) groups excluding carboxylic acids is 1. The van der Waals surface area contributed by atoms with Crippen molar-refractivity contribution >= 4 is 43.8 Å². The highest BCUT2D eigenvalue weighted by Crippen LogP contribution is 2.30. The number of aromatic nitrogens is 4. The molecular weight excluding hydrogens is 466 g/mol. The Bertz CT molecular complexity index is 1230. The number of fused-ring (bicyclic) bond motifs is 1. The maximum Gasteiger partial charge on any atom is 0.255 e. The van der Waals surface area contributed by atoms with Crippen molar-refractivity contribution in [2.45, 2.75) is 27.2 Å². The summed E-state index contributed by atoms with van der Waals surface area (Å²) in [5.74, 6) is 1.35. The van der Waals surface area contributed by atoms with Crippen molar-refractivity contribution in [2.24, 2.45) is 0 Å². The van der Waals surface area contributed by atoms with Crippen LogP contribution in [-0.2, 0) is 6.42 Å². The van der Waals surface area contributed by atoms with Crippen molar-refractivity contribution < 1.29 is 9.53 Å². The van der Waals surface area contributed by atoms with Crippen LogP contribution in [-0.4, -0.2) is 32.3 Å². The second kappa shape index (κ2) is 8.53. The summed E-state index contributed by atoms with van der Waals surface area (Å²) >= 11 is 4.93. The maximum absolute atomic E-state index is 12.8. The highest BCUT2D eigenvalue weighted by Gasteiger charge is 2.15. The molecule has 0 spiro atoms. The lowest BCUT2D eigenvalue weighted by molar-refractivity contribution is 0.102. The van der Waals surface area contributed by atoms with Gasteiger partial charge in [0.1, 0.15) is 10.8 Å². The molecular formula is C21H20BrN5O2S. The molecule has 7 nitrogen and oxygen atoms in total. The Balaban J connectivity index is 1.60. The zero-order valence-electron chi connectivity index (χ0n) is 16.8. The van der Waals surface area contributed by atoms with Gasteiger partial charge in [-0.3, -0.25) is 4.79 Å². The highest BCUT2D eigenvalue weighted by molar-refractivity contribution is 9.10. The molecule has 1 amide bonds. The van der Waals surface area contributed by atoms with Crippen LogP contribution in [0.15, 0.2) is 40.9 Å². The molecule has 0 saturated heterocycles. The van der Waals surface area contributed by atoms with E-state index in [1.54, 1.807) is 22.7 Å². The molecule has 9 heteroatoms. The topological polar surface area (TPSA) is 81.4 Å². The predicted octanol–water partition coefficient (Wildman–Crippen LogP) is 5.14. The first-order valence-corrected chi connectivity index (χ1v) is 11.2. The number of carbonyl (C=O) groups is 1. The lowest BCUT2D eigenvalue weighted by atomic mass is 10.1. The molecule has 1 N–H and O–H groups in total. The zero-order valence-corrected chi connectivity index (χ0v) is 19.2. The van der Waals surface area contributed by atoms with Crippen molar-refractivity contribution in [3.8, 4) is 16.3 Å².